The van der Waals surface area contributed by atoms with Crippen molar-refractivity contribution in [2.75, 3.05) is 25.0 Å². The van der Waals surface area contributed by atoms with E-state index >= 15 is 0 Å². The van der Waals surface area contributed by atoms with Crippen LogP contribution in [0.4, 0.5) is 5.95 Å². The predicted molar refractivity (Wildman–Crippen MR) is 137 cm³/mol. The SMILES string of the molecule is COc1cnc(C(C)C(C)S(=O)(=O)Nc2nnc(-c3ccccc3Br)n2C2COC(C)(C)OC2)nc1. The second kappa shape index (κ2) is 10.4. The molecule has 0 radical (unpaired) electrons. The van der Waals surface area contributed by atoms with Crippen LogP contribution in [0.2, 0.25) is 0 Å². The van der Waals surface area contributed by atoms with Crippen molar-refractivity contribution in [3.8, 4) is 17.1 Å². The molecule has 1 saturated heterocycles. The molecule has 1 aliphatic rings. The Balaban J connectivity index is 1.66. The van der Waals surface area contributed by atoms with Crippen LogP contribution in [0.25, 0.3) is 11.4 Å². The normalized spacial score (nSPS) is 17.9. The third-order valence-electron chi connectivity index (χ3n) is 6.14. The minimum absolute atomic E-state index is 0.0763. The number of hydrogen-bond donors (Lipinski definition) is 1. The molecule has 1 N–H and O–H groups in total. The van der Waals surface area contributed by atoms with Crippen molar-refractivity contribution in [1.29, 1.82) is 0 Å². The van der Waals surface area contributed by atoms with Crippen LogP contribution in [-0.2, 0) is 19.5 Å². The summed E-state index contributed by atoms with van der Waals surface area (Å²) in [4.78, 5) is 8.50. The highest BCUT2D eigenvalue weighted by atomic mass is 79.9. The summed E-state index contributed by atoms with van der Waals surface area (Å²) in [5, 5.41) is 7.67. The summed E-state index contributed by atoms with van der Waals surface area (Å²) in [6, 6.07) is 7.16. The summed E-state index contributed by atoms with van der Waals surface area (Å²) >= 11 is 3.55. The summed E-state index contributed by atoms with van der Waals surface area (Å²) in [5.74, 6) is 0.200. The van der Waals surface area contributed by atoms with E-state index in [9.17, 15) is 8.42 Å². The molecule has 2 aromatic heterocycles. The molecule has 2 unspecified atom stereocenters. The third-order valence-corrected chi connectivity index (χ3v) is 8.69. The zero-order valence-corrected chi connectivity index (χ0v) is 23.1. The van der Waals surface area contributed by atoms with Crippen molar-refractivity contribution in [1.82, 2.24) is 24.7 Å². The largest absolute Gasteiger partial charge is 0.494 e. The van der Waals surface area contributed by atoms with Crippen molar-refractivity contribution in [3.63, 3.8) is 0 Å². The lowest BCUT2D eigenvalue weighted by molar-refractivity contribution is -0.258. The molecule has 1 fully saturated rings. The first-order valence-corrected chi connectivity index (χ1v) is 13.7. The topological polar surface area (TPSA) is 130 Å². The van der Waals surface area contributed by atoms with Crippen molar-refractivity contribution >= 4 is 31.9 Å². The van der Waals surface area contributed by atoms with Crippen molar-refractivity contribution in [2.45, 2.75) is 50.7 Å². The summed E-state index contributed by atoms with van der Waals surface area (Å²) in [7, 11) is -2.40. The maximum absolute atomic E-state index is 13.4. The van der Waals surface area contributed by atoms with Gasteiger partial charge < -0.3 is 14.2 Å². The van der Waals surface area contributed by atoms with Crippen molar-refractivity contribution in [2.24, 2.45) is 0 Å². The van der Waals surface area contributed by atoms with Gasteiger partial charge in [-0.05, 0) is 26.8 Å². The van der Waals surface area contributed by atoms with E-state index in [-0.39, 0.29) is 12.0 Å². The van der Waals surface area contributed by atoms with E-state index in [4.69, 9.17) is 14.2 Å². The number of sulfonamides is 1. The predicted octanol–water partition coefficient (Wildman–Crippen LogP) is 3.76. The van der Waals surface area contributed by atoms with Crippen molar-refractivity contribution in [3.05, 3.63) is 47.0 Å². The minimum Gasteiger partial charge on any atom is -0.494 e. The number of benzene rings is 1. The standard InChI is InChI=1S/C23H29BrN6O5S/c1-14(20-25-10-17(33-5)11-26-20)15(2)36(31,32)29-22-28-27-21(18-8-6-7-9-19(18)24)30(22)16-12-34-23(3,4)35-13-16/h6-11,14-16H,12-13H2,1-5H3,(H,28,29). The first-order chi connectivity index (χ1) is 17.0. The molecule has 0 saturated carbocycles. The van der Waals surface area contributed by atoms with Crippen LogP contribution in [0, 0.1) is 0 Å². The average Bonchev–Trinajstić information content (AvgIpc) is 3.25. The zero-order valence-electron chi connectivity index (χ0n) is 20.7. The van der Waals surface area contributed by atoms with Gasteiger partial charge in [0.1, 0.15) is 5.82 Å². The maximum atomic E-state index is 13.4. The molecule has 4 rings (SSSR count). The van der Waals surface area contributed by atoms with Gasteiger partial charge in [0.25, 0.3) is 0 Å². The lowest BCUT2D eigenvalue weighted by Crippen LogP contribution is -2.41. The zero-order chi connectivity index (χ0) is 26.1. The highest BCUT2D eigenvalue weighted by molar-refractivity contribution is 9.10. The van der Waals surface area contributed by atoms with Crippen LogP contribution in [0.15, 0.2) is 41.1 Å². The lowest BCUT2D eigenvalue weighted by Gasteiger charge is -2.36. The van der Waals surface area contributed by atoms with Gasteiger partial charge in [-0.25, -0.2) is 18.4 Å². The highest BCUT2D eigenvalue weighted by Crippen LogP contribution is 2.34. The van der Waals surface area contributed by atoms with E-state index in [1.54, 1.807) is 18.4 Å². The molecule has 0 bridgehead atoms. The fraction of sp³-hybridized carbons (Fsp3) is 0.478. The number of halogens is 1. The molecule has 194 valence electrons. The number of nitrogens with zero attached hydrogens (tertiary/aromatic N) is 5. The molecular weight excluding hydrogens is 552 g/mol. The van der Waals surface area contributed by atoms with E-state index < -0.39 is 27.0 Å². The fourth-order valence-corrected chi connectivity index (χ4v) is 5.43. The van der Waals surface area contributed by atoms with Gasteiger partial charge in [-0.1, -0.05) is 41.1 Å². The number of hydrogen-bond acceptors (Lipinski definition) is 9. The Kier molecular flexibility index (Phi) is 7.64. The van der Waals surface area contributed by atoms with Crippen molar-refractivity contribution < 1.29 is 22.6 Å². The molecule has 36 heavy (non-hydrogen) atoms. The molecule has 1 aromatic carbocycles. The van der Waals surface area contributed by atoms with Gasteiger partial charge in [-0.15, -0.1) is 10.2 Å². The van der Waals surface area contributed by atoms with Gasteiger partial charge >= 0.3 is 0 Å². The monoisotopic (exact) mass is 580 g/mol. The number of anilines is 1. The van der Waals surface area contributed by atoms with Gasteiger partial charge in [0.15, 0.2) is 17.4 Å². The Hall–Kier alpha value is -2.61. The Labute approximate surface area is 218 Å². The van der Waals surface area contributed by atoms with Gasteiger partial charge in [-0.2, -0.15) is 0 Å². The Morgan fingerprint density at radius 3 is 2.39 bits per heavy atom. The van der Waals surface area contributed by atoms with Gasteiger partial charge in [0, 0.05) is 16.0 Å². The van der Waals surface area contributed by atoms with Crippen LogP contribution in [0.3, 0.4) is 0 Å². The molecular formula is C23H29BrN6O5S. The second-order valence-corrected chi connectivity index (χ2v) is 11.9. The number of ether oxygens (including phenoxy) is 3. The van der Waals surface area contributed by atoms with E-state index in [0.717, 1.165) is 10.0 Å². The third kappa shape index (κ3) is 5.53. The molecule has 0 amide bonds. The van der Waals surface area contributed by atoms with Gasteiger partial charge in [-0.3, -0.25) is 9.29 Å². The fourth-order valence-electron chi connectivity index (χ4n) is 3.73. The first kappa shape index (κ1) is 26.5. The molecule has 11 nitrogen and oxygen atoms in total. The summed E-state index contributed by atoms with van der Waals surface area (Å²) in [6.45, 7) is 7.61. The Bertz CT molecular complexity index is 1300. The quantitative estimate of drug-likeness (QED) is 0.423. The van der Waals surface area contributed by atoms with Gasteiger partial charge in [0.2, 0.25) is 16.0 Å². The lowest BCUT2D eigenvalue weighted by atomic mass is 10.1. The van der Waals surface area contributed by atoms with E-state index in [2.05, 4.69) is 40.8 Å². The summed E-state index contributed by atoms with van der Waals surface area (Å²) in [6.07, 6.45) is 3.02. The van der Waals surface area contributed by atoms with Crippen LogP contribution in [-0.4, -0.2) is 64.5 Å². The summed E-state index contributed by atoms with van der Waals surface area (Å²) in [5.41, 5.74) is 0.758. The van der Waals surface area contributed by atoms with Crippen LogP contribution in [0.5, 0.6) is 5.75 Å². The molecule has 3 heterocycles. The minimum atomic E-state index is -3.92. The molecule has 2 atom stereocenters. The smallest absolute Gasteiger partial charge is 0.238 e. The van der Waals surface area contributed by atoms with Crippen LogP contribution in [0.1, 0.15) is 45.5 Å². The molecule has 13 heteroatoms. The number of methoxy groups -OCH3 is 1. The van der Waals surface area contributed by atoms with E-state index in [0.29, 0.717) is 30.6 Å². The maximum Gasteiger partial charge on any atom is 0.238 e. The Morgan fingerprint density at radius 2 is 1.78 bits per heavy atom. The summed E-state index contributed by atoms with van der Waals surface area (Å²) < 4.78 is 48.8. The van der Waals surface area contributed by atoms with Gasteiger partial charge in [0.05, 0.1) is 44.0 Å². The number of rotatable bonds is 8. The molecule has 0 spiro atoms. The van der Waals surface area contributed by atoms with Crippen LogP contribution >= 0.6 is 15.9 Å². The molecule has 1 aliphatic heterocycles. The average molecular weight is 581 g/mol. The second-order valence-electron chi connectivity index (χ2n) is 8.99. The Morgan fingerprint density at radius 1 is 1.14 bits per heavy atom. The number of aromatic nitrogens is 5. The van der Waals surface area contributed by atoms with E-state index in [1.807, 2.05) is 38.1 Å². The number of nitrogens with one attached hydrogen (secondary N) is 1. The van der Waals surface area contributed by atoms with Crippen LogP contribution < -0.4 is 9.46 Å². The van der Waals surface area contributed by atoms with E-state index in [1.165, 1.54) is 19.5 Å². The highest BCUT2D eigenvalue weighted by Gasteiger charge is 2.35. The molecule has 3 aromatic rings. The first-order valence-electron chi connectivity index (χ1n) is 11.4. The molecule has 0 aliphatic carbocycles.